The number of fused-ring (bicyclic) bond motifs is 4. The summed E-state index contributed by atoms with van der Waals surface area (Å²) in [5.74, 6) is 1.61. The SMILES string of the molecule is COc1ccc2c(c1)CC[N+]1=C3CCCC(O)=C3CCC21. The third-order valence-corrected chi connectivity index (χ3v) is 5.25. The van der Waals surface area contributed by atoms with Crippen LogP contribution in [0, 0.1) is 0 Å². The third-order valence-electron chi connectivity index (χ3n) is 5.25. The van der Waals surface area contributed by atoms with Gasteiger partial charge in [-0.15, -0.1) is 0 Å². The van der Waals surface area contributed by atoms with Gasteiger partial charge in [-0.1, -0.05) is 0 Å². The molecule has 110 valence electrons. The average molecular weight is 284 g/mol. The highest BCUT2D eigenvalue weighted by Crippen LogP contribution is 2.39. The Morgan fingerprint density at radius 2 is 2.10 bits per heavy atom. The second kappa shape index (κ2) is 4.90. The van der Waals surface area contributed by atoms with Crippen molar-refractivity contribution in [3.63, 3.8) is 0 Å². The molecule has 1 aromatic rings. The van der Waals surface area contributed by atoms with Gasteiger partial charge in [-0.2, -0.15) is 0 Å². The standard InChI is InChI=1S/C18H21NO2/c1-21-13-5-6-14-12(11-13)9-10-19-16-3-2-4-18(20)15(16)7-8-17(14)19/h5-6,11,17H,2-4,7-10H2,1H3/p+1. The normalized spacial score (nSPS) is 24.3. The number of ether oxygens (including phenoxy) is 1. The lowest BCUT2D eigenvalue weighted by Gasteiger charge is -2.32. The first kappa shape index (κ1) is 12.9. The van der Waals surface area contributed by atoms with Crippen molar-refractivity contribution >= 4 is 5.71 Å². The molecule has 0 fully saturated rings. The van der Waals surface area contributed by atoms with E-state index in [9.17, 15) is 5.11 Å². The minimum absolute atomic E-state index is 0.490. The molecule has 4 rings (SSSR count). The van der Waals surface area contributed by atoms with Crippen molar-refractivity contribution in [3.05, 3.63) is 40.7 Å². The Bertz CT molecular complexity index is 657. The van der Waals surface area contributed by atoms with Crippen molar-refractivity contribution in [2.24, 2.45) is 0 Å². The summed E-state index contributed by atoms with van der Waals surface area (Å²) in [7, 11) is 1.73. The Balaban J connectivity index is 1.81. The van der Waals surface area contributed by atoms with E-state index in [4.69, 9.17) is 4.74 Å². The first-order valence-corrected chi connectivity index (χ1v) is 7.98. The molecule has 3 heteroatoms. The molecule has 0 saturated heterocycles. The molecule has 1 aromatic carbocycles. The van der Waals surface area contributed by atoms with Crippen LogP contribution in [0.2, 0.25) is 0 Å². The molecule has 0 saturated carbocycles. The maximum Gasteiger partial charge on any atom is 0.183 e. The average Bonchev–Trinajstić information content (AvgIpc) is 2.54. The molecule has 3 aliphatic rings. The second-order valence-electron chi connectivity index (χ2n) is 6.29. The Morgan fingerprint density at radius 1 is 1.19 bits per heavy atom. The molecule has 0 spiro atoms. The molecule has 1 N–H and O–H groups in total. The van der Waals surface area contributed by atoms with Gasteiger partial charge in [-0.05, 0) is 36.6 Å². The van der Waals surface area contributed by atoms with Crippen LogP contribution in [0.15, 0.2) is 29.5 Å². The zero-order valence-electron chi connectivity index (χ0n) is 12.6. The van der Waals surface area contributed by atoms with Crippen molar-refractivity contribution in [2.75, 3.05) is 13.7 Å². The monoisotopic (exact) mass is 284 g/mol. The predicted molar refractivity (Wildman–Crippen MR) is 82.3 cm³/mol. The van der Waals surface area contributed by atoms with Gasteiger partial charge in [0.25, 0.3) is 0 Å². The zero-order chi connectivity index (χ0) is 14.4. The number of hydrogen-bond donors (Lipinski definition) is 1. The number of aliphatic hydroxyl groups excluding tert-OH is 1. The summed E-state index contributed by atoms with van der Waals surface area (Å²) >= 11 is 0. The van der Waals surface area contributed by atoms with Crippen molar-refractivity contribution in [2.45, 2.75) is 44.6 Å². The smallest absolute Gasteiger partial charge is 0.183 e. The lowest BCUT2D eigenvalue weighted by Crippen LogP contribution is -2.38. The van der Waals surface area contributed by atoms with Crippen LogP contribution in [0.4, 0.5) is 0 Å². The highest BCUT2D eigenvalue weighted by Gasteiger charge is 2.40. The van der Waals surface area contributed by atoms with Crippen LogP contribution in [-0.4, -0.2) is 29.0 Å². The molecule has 1 aliphatic carbocycles. The van der Waals surface area contributed by atoms with E-state index in [0.29, 0.717) is 11.8 Å². The van der Waals surface area contributed by atoms with Gasteiger partial charge in [0, 0.05) is 31.2 Å². The number of hydrogen-bond acceptors (Lipinski definition) is 2. The van der Waals surface area contributed by atoms with Gasteiger partial charge in [0.05, 0.1) is 12.7 Å². The predicted octanol–water partition coefficient (Wildman–Crippen LogP) is 3.54. The summed E-state index contributed by atoms with van der Waals surface area (Å²) in [6.07, 6.45) is 6.28. The Kier molecular flexibility index (Phi) is 3.02. The number of benzene rings is 1. The Hall–Kier alpha value is -1.77. The van der Waals surface area contributed by atoms with Crippen LogP contribution in [0.25, 0.3) is 0 Å². The Morgan fingerprint density at radius 3 is 2.95 bits per heavy atom. The van der Waals surface area contributed by atoms with Crippen molar-refractivity contribution in [1.29, 1.82) is 0 Å². The third kappa shape index (κ3) is 1.98. The molecule has 1 atom stereocenters. The second-order valence-corrected chi connectivity index (χ2v) is 6.29. The van der Waals surface area contributed by atoms with Crippen LogP contribution >= 0.6 is 0 Å². The van der Waals surface area contributed by atoms with E-state index in [0.717, 1.165) is 50.8 Å². The fourth-order valence-corrected chi connectivity index (χ4v) is 4.23. The number of aliphatic hydroxyl groups is 1. The van der Waals surface area contributed by atoms with Crippen LogP contribution in [0.5, 0.6) is 5.75 Å². The van der Waals surface area contributed by atoms with Gasteiger partial charge in [0.15, 0.2) is 11.8 Å². The van der Waals surface area contributed by atoms with Gasteiger partial charge in [-0.3, -0.25) is 0 Å². The molecule has 0 aromatic heterocycles. The van der Waals surface area contributed by atoms with E-state index in [1.807, 2.05) is 0 Å². The summed E-state index contributed by atoms with van der Waals surface area (Å²) in [4.78, 5) is 0. The van der Waals surface area contributed by atoms with Crippen LogP contribution in [0.1, 0.15) is 49.3 Å². The first-order valence-electron chi connectivity index (χ1n) is 7.98. The highest BCUT2D eigenvalue weighted by molar-refractivity contribution is 5.98. The van der Waals surface area contributed by atoms with Crippen LogP contribution < -0.4 is 4.74 Å². The molecular formula is C18H22NO2+. The van der Waals surface area contributed by atoms with Crippen LogP contribution in [0.3, 0.4) is 0 Å². The van der Waals surface area contributed by atoms with E-state index in [2.05, 4.69) is 22.8 Å². The maximum absolute atomic E-state index is 10.2. The minimum Gasteiger partial charge on any atom is -0.512 e. The summed E-state index contributed by atoms with van der Waals surface area (Å²) in [6, 6.07) is 7.00. The van der Waals surface area contributed by atoms with E-state index < -0.39 is 0 Å². The first-order chi connectivity index (χ1) is 10.3. The van der Waals surface area contributed by atoms with Gasteiger partial charge in [0.2, 0.25) is 0 Å². The molecular weight excluding hydrogens is 262 g/mol. The summed E-state index contributed by atoms with van der Waals surface area (Å²) in [5.41, 5.74) is 5.55. The quantitative estimate of drug-likeness (QED) is 0.800. The minimum atomic E-state index is 0.490. The van der Waals surface area contributed by atoms with E-state index in [1.54, 1.807) is 7.11 Å². The van der Waals surface area contributed by atoms with Gasteiger partial charge >= 0.3 is 0 Å². The fourth-order valence-electron chi connectivity index (χ4n) is 4.23. The number of rotatable bonds is 1. The number of allylic oxidation sites excluding steroid dienone is 2. The lowest BCUT2D eigenvalue weighted by molar-refractivity contribution is -0.581. The molecule has 21 heavy (non-hydrogen) atoms. The van der Waals surface area contributed by atoms with Crippen molar-refractivity contribution < 1.29 is 14.4 Å². The molecule has 0 amide bonds. The summed E-state index contributed by atoms with van der Waals surface area (Å²) < 4.78 is 7.92. The van der Waals surface area contributed by atoms with Gasteiger partial charge in [0.1, 0.15) is 18.1 Å². The summed E-state index contributed by atoms with van der Waals surface area (Å²) in [5, 5.41) is 10.2. The molecule has 0 bridgehead atoms. The lowest BCUT2D eigenvalue weighted by atomic mass is 9.82. The Labute approximate surface area is 125 Å². The number of methoxy groups -OCH3 is 1. The molecule has 0 radical (unpaired) electrons. The van der Waals surface area contributed by atoms with Crippen molar-refractivity contribution in [1.82, 2.24) is 0 Å². The highest BCUT2D eigenvalue weighted by atomic mass is 16.5. The van der Waals surface area contributed by atoms with Gasteiger partial charge < -0.3 is 9.84 Å². The van der Waals surface area contributed by atoms with E-state index in [1.165, 1.54) is 22.4 Å². The topological polar surface area (TPSA) is 32.5 Å². The molecule has 3 nitrogen and oxygen atoms in total. The summed E-state index contributed by atoms with van der Waals surface area (Å²) in [6.45, 7) is 1.07. The molecule has 2 heterocycles. The maximum atomic E-state index is 10.2. The van der Waals surface area contributed by atoms with Crippen LogP contribution in [-0.2, 0) is 6.42 Å². The fraction of sp³-hybridized carbons (Fsp3) is 0.500. The van der Waals surface area contributed by atoms with E-state index >= 15 is 0 Å². The van der Waals surface area contributed by atoms with Gasteiger partial charge in [-0.25, -0.2) is 4.58 Å². The molecule has 2 aliphatic heterocycles. The molecule has 1 unspecified atom stereocenters. The van der Waals surface area contributed by atoms with Crippen molar-refractivity contribution in [3.8, 4) is 5.75 Å². The largest absolute Gasteiger partial charge is 0.512 e. The van der Waals surface area contributed by atoms with E-state index in [-0.39, 0.29) is 0 Å². The number of nitrogens with zero attached hydrogens (tertiary/aromatic N) is 1. The zero-order valence-corrected chi connectivity index (χ0v) is 12.6.